The van der Waals surface area contributed by atoms with Crippen LogP contribution in [-0.4, -0.2) is 15.9 Å². The zero-order valence-electron chi connectivity index (χ0n) is 13.4. The van der Waals surface area contributed by atoms with Gasteiger partial charge in [0.1, 0.15) is 5.69 Å². The molecule has 3 aromatic rings. The van der Waals surface area contributed by atoms with Crippen molar-refractivity contribution in [3.8, 4) is 0 Å². The number of hydrogen-bond donors (Lipinski definition) is 2. The number of nitrogens with one attached hydrogen (secondary N) is 2. The normalized spacial score (nSPS) is 10.3. The average molecular weight is 353 g/mol. The number of rotatable bonds is 6. The van der Waals surface area contributed by atoms with Crippen LogP contribution in [0.1, 0.15) is 21.7 Å². The Balaban J connectivity index is 1.54. The summed E-state index contributed by atoms with van der Waals surface area (Å²) in [4.78, 5) is 20.6. The maximum atomic E-state index is 12.2. The Morgan fingerprint density at radius 1 is 0.960 bits per heavy atom. The molecule has 0 unspecified atom stereocenters. The number of halogens is 1. The van der Waals surface area contributed by atoms with Gasteiger partial charge in [-0.1, -0.05) is 35.9 Å². The lowest BCUT2D eigenvalue weighted by atomic mass is 10.2. The summed E-state index contributed by atoms with van der Waals surface area (Å²) < 4.78 is 0. The standard InChI is InChI=1S/C19H17ClN4O/c20-17-7-2-1-5-14(17)11-24-19(25)18-9-8-16(13-23-18)22-12-15-6-3-4-10-21-15/h1-10,13,22H,11-12H2,(H,24,25). The summed E-state index contributed by atoms with van der Waals surface area (Å²) in [6, 6.07) is 16.7. The molecule has 2 aromatic heterocycles. The lowest BCUT2D eigenvalue weighted by Crippen LogP contribution is -2.23. The number of nitrogens with zero attached hydrogens (tertiary/aromatic N) is 2. The zero-order chi connectivity index (χ0) is 17.5. The van der Waals surface area contributed by atoms with Gasteiger partial charge in [0.2, 0.25) is 0 Å². The number of aromatic nitrogens is 2. The molecule has 1 amide bonds. The first-order valence-corrected chi connectivity index (χ1v) is 8.21. The van der Waals surface area contributed by atoms with E-state index in [2.05, 4.69) is 20.6 Å². The van der Waals surface area contributed by atoms with Crippen LogP contribution in [0, 0.1) is 0 Å². The molecule has 0 atom stereocenters. The zero-order valence-corrected chi connectivity index (χ0v) is 14.2. The number of benzene rings is 1. The van der Waals surface area contributed by atoms with Gasteiger partial charge in [-0.3, -0.25) is 9.78 Å². The van der Waals surface area contributed by atoms with Gasteiger partial charge in [0.05, 0.1) is 24.1 Å². The molecule has 0 fully saturated rings. The Morgan fingerprint density at radius 3 is 2.52 bits per heavy atom. The first kappa shape index (κ1) is 16.9. The van der Waals surface area contributed by atoms with Crippen LogP contribution < -0.4 is 10.6 Å². The minimum absolute atomic E-state index is 0.240. The van der Waals surface area contributed by atoms with Crippen LogP contribution in [-0.2, 0) is 13.1 Å². The molecule has 5 nitrogen and oxygen atoms in total. The molecule has 3 rings (SSSR count). The molecular formula is C19H17ClN4O. The molecule has 126 valence electrons. The molecule has 0 aliphatic carbocycles. The molecule has 0 radical (unpaired) electrons. The second-order valence-electron chi connectivity index (χ2n) is 5.38. The molecule has 0 saturated carbocycles. The highest BCUT2D eigenvalue weighted by Crippen LogP contribution is 2.14. The maximum Gasteiger partial charge on any atom is 0.270 e. The SMILES string of the molecule is O=C(NCc1ccccc1Cl)c1ccc(NCc2ccccn2)cn1. The second-order valence-corrected chi connectivity index (χ2v) is 5.79. The summed E-state index contributed by atoms with van der Waals surface area (Å²) in [6.07, 6.45) is 3.38. The predicted octanol–water partition coefficient (Wildman–Crippen LogP) is 3.67. The third kappa shape index (κ3) is 4.78. The van der Waals surface area contributed by atoms with Gasteiger partial charge in [-0.2, -0.15) is 0 Å². The van der Waals surface area contributed by atoms with Gasteiger partial charge in [0, 0.05) is 17.8 Å². The fourth-order valence-corrected chi connectivity index (χ4v) is 2.44. The van der Waals surface area contributed by atoms with Crippen molar-refractivity contribution in [3.05, 3.63) is 89.0 Å². The van der Waals surface area contributed by atoms with E-state index in [4.69, 9.17) is 11.6 Å². The van der Waals surface area contributed by atoms with E-state index >= 15 is 0 Å². The summed E-state index contributed by atoms with van der Waals surface area (Å²) in [7, 11) is 0. The third-order valence-electron chi connectivity index (χ3n) is 3.59. The first-order valence-electron chi connectivity index (χ1n) is 7.84. The van der Waals surface area contributed by atoms with Crippen LogP contribution in [0.25, 0.3) is 0 Å². The van der Waals surface area contributed by atoms with Crippen LogP contribution >= 0.6 is 11.6 Å². The Labute approximate surface area is 151 Å². The first-order chi connectivity index (χ1) is 12.2. The number of carbonyl (C=O) groups is 1. The topological polar surface area (TPSA) is 66.9 Å². The van der Waals surface area contributed by atoms with Crippen molar-refractivity contribution >= 4 is 23.2 Å². The van der Waals surface area contributed by atoms with Gasteiger partial charge < -0.3 is 10.6 Å². The molecule has 6 heteroatoms. The van der Waals surface area contributed by atoms with Crippen LogP contribution in [0.5, 0.6) is 0 Å². The third-order valence-corrected chi connectivity index (χ3v) is 3.96. The fourth-order valence-electron chi connectivity index (χ4n) is 2.24. The smallest absolute Gasteiger partial charge is 0.270 e. The average Bonchev–Trinajstić information content (AvgIpc) is 2.67. The van der Waals surface area contributed by atoms with Crippen molar-refractivity contribution < 1.29 is 4.79 Å². The van der Waals surface area contributed by atoms with Gasteiger partial charge in [-0.25, -0.2) is 4.98 Å². The van der Waals surface area contributed by atoms with E-state index in [1.54, 1.807) is 24.5 Å². The van der Waals surface area contributed by atoms with Crippen LogP contribution in [0.3, 0.4) is 0 Å². The Bertz CT molecular complexity index is 838. The molecule has 25 heavy (non-hydrogen) atoms. The second kappa shape index (κ2) is 8.26. The van der Waals surface area contributed by atoms with Gasteiger partial charge in [-0.05, 0) is 35.9 Å². The lowest BCUT2D eigenvalue weighted by molar-refractivity contribution is 0.0946. The molecule has 0 saturated heterocycles. The molecule has 2 N–H and O–H groups in total. The van der Waals surface area contributed by atoms with E-state index in [-0.39, 0.29) is 5.91 Å². The summed E-state index contributed by atoms with van der Waals surface area (Å²) in [5.74, 6) is -0.240. The number of pyridine rings is 2. The van der Waals surface area contributed by atoms with Crippen LogP contribution in [0.15, 0.2) is 67.0 Å². The van der Waals surface area contributed by atoms with E-state index in [1.807, 2.05) is 42.5 Å². The lowest BCUT2D eigenvalue weighted by Gasteiger charge is -2.08. The number of amides is 1. The molecule has 2 heterocycles. The van der Waals surface area contributed by atoms with Crippen LogP contribution in [0.2, 0.25) is 5.02 Å². The molecule has 0 bridgehead atoms. The van der Waals surface area contributed by atoms with Gasteiger partial charge in [0.15, 0.2) is 0 Å². The molecule has 0 aliphatic heterocycles. The molecule has 0 aliphatic rings. The predicted molar refractivity (Wildman–Crippen MR) is 98.4 cm³/mol. The van der Waals surface area contributed by atoms with E-state index < -0.39 is 0 Å². The van der Waals surface area contributed by atoms with E-state index in [0.717, 1.165) is 16.9 Å². The Hall–Kier alpha value is -2.92. The molecular weight excluding hydrogens is 336 g/mol. The van der Waals surface area contributed by atoms with Crippen molar-refractivity contribution in [3.63, 3.8) is 0 Å². The minimum atomic E-state index is -0.240. The summed E-state index contributed by atoms with van der Waals surface area (Å²) in [6.45, 7) is 0.959. The quantitative estimate of drug-likeness (QED) is 0.710. The summed E-state index contributed by atoms with van der Waals surface area (Å²) >= 11 is 6.08. The van der Waals surface area contributed by atoms with Gasteiger partial charge >= 0.3 is 0 Å². The maximum absolute atomic E-state index is 12.2. The van der Waals surface area contributed by atoms with Crippen molar-refractivity contribution in [1.82, 2.24) is 15.3 Å². The monoisotopic (exact) mass is 352 g/mol. The highest BCUT2D eigenvalue weighted by molar-refractivity contribution is 6.31. The fraction of sp³-hybridized carbons (Fsp3) is 0.105. The number of hydrogen-bond acceptors (Lipinski definition) is 4. The highest BCUT2D eigenvalue weighted by Gasteiger charge is 2.08. The number of carbonyl (C=O) groups excluding carboxylic acids is 1. The Kier molecular flexibility index (Phi) is 5.59. The van der Waals surface area contributed by atoms with Crippen molar-refractivity contribution in [2.45, 2.75) is 13.1 Å². The molecule has 0 spiro atoms. The van der Waals surface area contributed by atoms with Crippen molar-refractivity contribution in [1.29, 1.82) is 0 Å². The van der Waals surface area contributed by atoms with Crippen LogP contribution in [0.4, 0.5) is 5.69 Å². The van der Waals surface area contributed by atoms with Crippen molar-refractivity contribution in [2.24, 2.45) is 0 Å². The van der Waals surface area contributed by atoms with E-state index in [0.29, 0.717) is 23.8 Å². The largest absolute Gasteiger partial charge is 0.378 e. The summed E-state index contributed by atoms with van der Waals surface area (Å²) in [5, 5.41) is 6.66. The summed E-state index contributed by atoms with van der Waals surface area (Å²) in [5.41, 5.74) is 2.99. The van der Waals surface area contributed by atoms with E-state index in [9.17, 15) is 4.79 Å². The highest BCUT2D eigenvalue weighted by atomic mass is 35.5. The Morgan fingerprint density at radius 2 is 1.80 bits per heavy atom. The van der Waals surface area contributed by atoms with Gasteiger partial charge in [0.25, 0.3) is 5.91 Å². The van der Waals surface area contributed by atoms with E-state index in [1.165, 1.54) is 0 Å². The number of anilines is 1. The van der Waals surface area contributed by atoms with Gasteiger partial charge in [-0.15, -0.1) is 0 Å². The van der Waals surface area contributed by atoms with Crippen molar-refractivity contribution in [2.75, 3.05) is 5.32 Å². The molecule has 1 aromatic carbocycles. The minimum Gasteiger partial charge on any atom is -0.378 e.